The molecule has 1 amide bonds. The van der Waals surface area contributed by atoms with Gasteiger partial charge in [-0.05, 0) is 44.1 Å². The fourth-order valence-electron chi connectivity index (χ4n) is 2.96. The Morgan fingerprint density at radius 3 is 2.76 bits per heavy atom. The standard InChI is InChI=1S/C14H26N2O/c1-14(2)6-4-9-16(10-7-14)13(17)12-5-3-8-15-11-12/h12,15H,3-11H2,1-2H3. The van der Waals surface area contributed by atoms with E-state index >= 15 is 0 Å². The van der Waals surface area contributed by atoms with Gasteiger partial charge in [0, 0.05) is 19.6 Å². The van der Waals surface area contributed by atoms with Gasteiger partial charge in [-0.25, -0.2) is 0 Å². The molecule has 0 radical (unpaired) electrons. The van der Waals surface area contributed by atoms with Gasteiger partial charge in [0.2, 0.25) is 5.91 Å². The zero-order valence-corrected chi connectivity index (χ0v) is 11.3. The third kappa shape index (κ3) is 3.44. The van der Waals surface area contributed by atoms with E-state index in [1.165, 1.54) is 12.8 Å². The molecule has 1 unspecified atom stereocenters. The molecule has 98 valence electrons. The van der Waals surface area contributed by atoms with Crippen LogP contribution in [0.4, 0.5) is 0 Å². The van der Waals surface area contributed by atoms with Crippen LogP contribution in [0.3, 0.4) is 0 Å². The number of piperidine rings is 1. The van der Waals surface area contributed by atoms with Crippen molar-refractivity contribution in [3.63, 3.8) is 0 Å². The molecule has 2 aliphatic rings. The first-order valence-corrected chi connectivity index (χ1v) is 7.08. The van der Waals surface area contributed by atoms with Crippen molar-refractivity contribution < 1.29 is 4.79 Å². The van der Waals surface area contributed by atoms with Gasteiger partial charge in [0.25, 0.3) is 0 Å². The Kier molecular flexibility index (Phi) is 4.08. The molecule has 0 saturated carbocycles. The molecule has 0 aliphatic carbocycles. The first kappa shape index (κ1) is 12.9. The lowest BCUT2D eigenvalue weighted by Crippen LogP contribution is -2.43. The molecule has 3 heteroatoms. The largest absolute Gasteiger partial charge is 0.342 e. The molecule has 1 N–H and O–H groups in total. The van der Waals surface area contributed by atoms with E-state index in [4.69, 9.17) is 0 Å². The van der Waals surface area contributed by atoms with Crippen molar-refractivity contribution in [3.8, 4) is 0 Å². The Bertz CT molecular complexity index is 269. The number of hydrogen-bond donors (Lipinski definition) is 1. The number of nitrogens with one attached hydrogen (secondary N) is 1. The van der Waals surface area contributed by atoms with Crippen molar-refractivity contribution in [1.29, 1.82) is 0 Å². The molecule has 0 bridgehead atoms. The van der Waals surface area contributed by atoms with E-state index in [0.717, 1.165) is 45.4 Å². The van der Waals surface area contributed by atoms with Crippen molar-refractivity contribution in [2.75, 3.05) is 26.2 Å². The highest BCUT2D eigenvalue weighted by Gasteiger charge is 2.29. The summed E-state index contributed by atoms with van der Waals surface area (Å²) in [5.41, 5.74) is 0.417. The molecule has 2 aliphatic heterocycles. The third-order valence-corrected chi connectivity index (χ3v) is 4.30. The quantitative estimate of drug-likeness (QED) is 0.758. The van der Waals surface area contributed by atoms with Crippen LogP contribution in [0, 0.1) is 11.3 Å². The Morgan fingerprint density at radius 1 is 1.24 bits per heavy atom. The summed E-state index contributed by atoms with van der Waals surface area (Å²) in [5, 5.41) is 3.34. The fraction of sp³-hybridized carbons (Fsp3) is 0.929. The average Bonchev–Trinajstić information content (AvgIpc) is 2.50. The van der Waals surface area contributed by atoms with Crippen LogP contribution in [0.5, 0.6) is 0 Å². The first-order chi connectivity index (χ1) is 8.08. The summed E-state index contributed by atoms with van der Waals surface area (Å²) in [6, 6.07) is 0. The summed E-state index contributed by atoms with van der Waals surface area (Å²) in [6.07, 6.45) is 5.79. The second kappa shape index (κ2) is 5.38. The van der Waals surface area contributed by atoms with Crippen LogP contribution >= 0.6 is 0 Å². The highest BCUT2D eigenvalue weighted by atomic mass is 16.2. The Balaban J connectivity index is 1.90. The van der Waals surface area contributed by atoms with Crippen LogP contribution in [0.1, 0.15) is 46.0 Å². The van der Waals surface area contributed by atoms with Gasteiger partial charge in [0.15, 0.2) is 0 Å². The van der Waals surface area contributed by atoms with Crippen molar-refractivity contribution >= 4 is 5.91 Å². The predicted octanol–water partition coefficient (Wildman–Crippen LogP) is 2.02. The van der Waals surface area contributed by atoms with Gasteiger partial charge in [-0.2, -0.15) is 0 Å². The zero-order valence-electron chi connectivity index (χ0n) is 11.3. The number of likely N-dealkylation sites (tertiary alicyclic amines) is 1. The van der Waals surface area contributed by atoms with E-state index in [0.29, 0.717) is 11.3 Å². The smallest absolute Gasteiger partial charge is 0.226 e. The number of hydrogen-bond acceptors (Lipinski definition) is 2. The van der Waals surface area contributed by atoms with Gasteiger partial charge in [-0.15, -0.1) is 0 Å². The van der Waals surface area contributed by atoms with Gasteiger partial charge in [0.1, 0.15) is 0 Å². The summed E-state index contributed by atoms with van der Waals surface area (Å²) in [7, 11) is 0. The minimum atomic E-state index is 0.241. The summed E-state index contributed by atoms with van der Waals surface area (Å²) in [5.74, 6) is 0.639. The van der Waals surface area contributed by atoms with Crippen molar-refractivity contribution in [2.45, 2.75) is 46.0 Å². The molecular formula is C14H26N2O. The van der Waals surface area contributed by atoms with E-state index in [1.807, 2.05) is 0 Å². The van der Waals surface area contributed by atoms with Crippen LogP contribution in [-0.4, -0.2) is 37.0 Å². The fourth-order valence-corrected chi connectivity index (χ4v) is 2.96. The van der Waals surface area contributed by atoms with Crippen LogP contribution in [0.25, 0.3) is 0 Å². The monoisotopic (exact) mass is 238 g/mol. The van der Waals surface area contributed by atoms with Gasteiger partial charge in [-0.3, -0.25) is 4.79 Å². The zero-order chi connectivity index (χ0) is 12.3. The molecule has 17 heavy (non-hydrogen) atoms. The molecule has 2 saturated heterocycles. The van der Waals surface area contributed by atoms with E-state index < -0.39 is 0 Å². The summed E-state index contributed by atoms with van der Waals surface area (Å²) in [6.45, 7) is 8.54. The molecule has 1 atom stereocenters. The lowest BCUT2D eigenvalue weighted by atomic mass is 9.85. The summed E-state index contributed by atoms with van der Waals surface area (Å²) >= 11 is 0. The first-order valence-electron chi connectivity index (χ1n) is 7.08. The molecule has 0 spiro atoms. The molecule has 0 aromatic heterocycles. The Morgan fingerprint density at radius 2 is 2.06 bits per heavy atom. The lowest BCUT2D eigenvalue weighted by Gasteiger charge is -2.29. The van der Waals surface area contributed by atoms with Gasteiger partial charge in [-0.1, -0.05) is 13.8 Å². The Labute approximate surface area is 105 Å². The highest BCUT2D eigenvalue weighted by molar-refractivity contribution is 5.79. The number of carbonyl (C=O) groups excluding carboxylic acids is 1. The minimum absolute atomic E-state index is 0.241. The molecule has 2 rings (SSSR count). The maximum atomic E-state index is 12.4. The second-order valence-corrected chi connectivity index (χ2v) is 6.39. The summed E-state index contributed by atoms with van der Waals surface area (Å²) in [4.78, 5) is 14.5. The molecular weight excluding hydrogens is 212 g/mol. The van der Waals surface area contributed by atoms with Crippen LogP contribution < -0.4 is 5.32 Å². The lowest BCUT2D eigenvalue weighted by molar-refractivity contribution is -0.136. The van der Waals surface area contributed by atoms with Crippen molar-refractivity contribution in [3.05, 3.63) is 0 Å². The van der Waals surface area contributed by atoms with Crippen LogP contribution in [0.15, 0.2) is 0 Å². The number of amides is 1. The number of carbonyl (C=O) groups is 1. The topological polar surface area (TPSA) is 32.3 Å². The highest BCUT2D eigenvalue weighted by Crippen LogP contribution is 2.30. The van der Waals surface area contributed by atoms with Crippen LogP contribution in [-0.2, 0) is 4.79 Å². The van der Waals surface area contributed by atoms with E-state index in [9.17, 15) is 4.79 Å². The van der Waals surface area contributed by atoms with Gasteiger partial charge < -0.3 is 10.2 Å². The van der Waals surface area contributed by atoms with Gasteiger partial charge in [0.05, 0.1) is 5.92 Å². The molecule has 0 aromatic rings. The molecule has 2 heterocycles. The number of rotatable bonds is 1. The van der Waals surface area contributed by atoms with Gasteiger partial charge >= 0.3 is 0 Å². The van der Waals surface area contributed by atoms with E-state index in [1.54, 1.807) is 0 Å². The maximum absolute atomic E-state index is 12.4. The van der Waals surface area contributed by atoms with Crippen molar-refractivity contribution in [2.24, 2.45) is 11.3 Å². The van der Waals surface area contributed by atoms with E-state index in [2.05, 4.69) is 24.1 Å². The molecule has 0 aromatic carbocycles. The van der Waals surface area contributed by atoms with E-state index in [-0.39, 0.29) is 5.92 Å². The Hall–Kier alpha value is -0.570. The van der Waals surface area contributed by atoms with Crippen molar-refractivity contribution in [1.82, 2.24) is 10.2 Å². The third-order valence-electron chi connectivity index (χ3n) is 4.30. The molecule has 2 fully saturated rings. The minimum Gasteiger partial charge on any atom is -0.342 e. The summed E-state index contributed by atoms with van der Waals surface area (Å²) < 4.78 is 0. The normalized spacial score (nSPS) is 29.8. The average molecular weight is 238 g/mol. The number of nitrogens with zero attached hydrogens (tertiary/aromatic N) is 1. The SMILES string of the molecule is CC1(C)CCCN(C(=O)C2CCCNC2)CC1. The molecule has 3 nitrogen and oxygen atoms in total. The predicted molar refractivity (Wildman–Crippen MR) is 69.8 cm³/mol. The van der Waals surface area contributed by atoms with Crippen LogP contribution in [0.2, 0.25) is 0 Å². The second-order valence-electron chi connectivity index (χ2n) is 6.39. The maximum Gasteiger partial charge on any atom is 0.226 e.